The van der Waals surface area contributed by atoms with Crippen LogP contribution in [0, 0.1) is 5.92 Å². The first-order valence-electron chi connectivity index (χ1n) is 9.69. The van der Waals surface area contributed by atoms with E-state index in [1.807, 2.05) is 0 Å². The number of benzene rings is 1. The molecule has 10 heteroatoms. The number of piperidine rings is 2. The summed E-state index contributed by atoms with van der Waals surface area (Å²) in [5.74, 6) is -0.396. The van der Waals surface area contributed by atoms with E-state index in [9.17, 15) is 18.0 Å². The molecule has 9 nitrogen and oxygen atoms in total. The molecule has 2 saturated heterocycles. The number of nitrogens with zero attached hydrogens (tertiary/aromatic N) is 1. The van der Waals surface area contributed by atoms with E-state index in [2.05, 4.69) is 9.64 Å². The third-order valence-electron chi connectivity index (χ3n) is 5.35. The van der Waals surface area contributed by atoms with E-state index in [4.69, 9.17) is 8.92 Å². The van der Waals surface area contributed by atoms with Crippen molar-refractivity contribution < 1.29 is 31.7 Å². The molecule has 0 aromatic heterocycles. The highest BCUT2D eigenvalue weighted by Gasteiger charge is 2.33. The molecule has 2 aliphatic rings. The van der Waals surface area contributed by atoms with Crippen LogP contribution in [-0.4, -0.2) is 58.2 Å². The summed E-state index contributed by atoms with van der Waals surface area (Å²) in [5, 5.41) is 0. The molecular formula is C19H26N2O7S. The second kappa shape index (κ2) is 9.45. The Morgan fingerprint density at radius 1 is 1.10 bits per heavy atom. The summed E-state index contributed by atoms with van der Waals surface area (Å²) in [6, 6.07) is 5.68. The molecule has 160 valence electrons. The number of esters is 1. The molecule has 2 aliphatic heterocycles. The lowest BCUT2D eigenvalue weighted by molar-refractivity contribution is 0.0244. The number of carbonyl (C=O) groups excluding carboxylic acids is 2. The van der Waals surface area contributed by atoms with Gasteiger partial charge < -0.3 is 13.7 Å². The number of methoxy groups -OCH3 is 1. The van der Waals surface area contributed by atoms with Crippen LogP contribution in [-0.2, 0) is 19.8 Å². The van der Waals surface area contributed by atoms with Crippen LogP contribution >= 0.6 is 0 Å². The number of ether oxygens (including phenoxy) is 2. The number of amides is 1. The lowest BCUT2D eigenvalue weighted by atomic mass is 9.84. The Balaban J connectivity index is 1.49. The molecule has 0 aliphatic carbocycles. The fraction of sp³-hybridized carbons (Fsp3) is 0.579. The van der Waals surface area contributed by atoms with E-state index in [0.29, 0.717) is 6.04 Å². The molecule has 0 spiro atoms. The van der Waals surface area contributed by atoms with Crippen molar-refractivity contribution in [3.63, 3.8) is 0 Å². The van der Waals surface area contributed by atoms with Crippen molar-refractivity contribution in [3.8, 4) is 5.75 Å². The van der Waals surface area contributed by atoms with Gasteiger partial charge in [0.1, 0.15) is 5.75 Å². The van der Waals surface area contributed by atoms with Crippen LogP contribution in [0.25, 0.3) is 0 Å². The average Bonchev–Trinajstić information content (AvgIpc) is 2.71. The van der Waals surface area contributed by atoms with Crippen LogP contribution in [0.5, 0.6) is 5.75 Å². The molecule has 0 bridgehead atoms. The maximum absolute atomic E-state index is 12.0. The van der Waals surface area contributed by atoms with Crippen LogP contribution < -0.4 is 8.91 Å². The van der Waals surface area contributed by atoms with E-state index in [1.54, 1.807) is 4.72 Å². The van der Waals surface area contributed by atoms with Crippen LogP contribution in [0.4, 0.5) is 4.79 Å². The normalized spacial score (nSPS) is 22.2. The zero-order valence-corrected chi connectivity index (χ0v) is 17.2. The van der Waals surface area contributed by atoms with E-state index >= 15 is 0 Å². The highest BCUT2D eigenvalue weighted by atomic mass is 32.2. The Morgan fingerprint density at radius 2 is 1.83 bits per heavy atom. The fourth-order valence-electron chi connectivity index (χ4n) is 4.00. The Morgan fingerprint density at radius 3 is 2.55 bits per heavy atom. The monoisotopic (exact) mass is 426 g/mol. The molecule has 1 aromatic carbocycles. The minimum Gasteiger partial charge on any atom is -0.465 e. The van der Waals surface area contributed by atoms with Crippen LogP contribution in [0.15, 0.2) is 24.3 Å². The molecular weight excluding hydrogens is 400 g/mol. The van der Waals surface area contributed by atoms with Gasteiger partial charge in [0.2, 0.25) is 0 Å². The highest BCUT2D eigenvalue weighted by molar-refractivity contribution is 7.85. The van der Waals surface area contributed by atoms with Gasteiger partial charge in [0.05, 0.1) is 19.3 Å². The maximum atomic E-state index is 12.0. The van der Waals surface area contributed by atoms with Gasteiger partial charge >= 0.3 is 22.4 Å². The topological polar surface area (TPSA) is 111 Å². The van der Waals surface area contributed by atoms with Crippen molar-refractivity contribution in [1.29, 1.82) is 0 Å². The van der Waals surface area contributed by atoms with Crippen LogP contribution in [0.3, 0.4) is 0 Å². The quantitative estimate of drug-likeness (QED) is 0.689. The number of hydrogen-bond donors (Lipinski definition) is 1. The summed E-state index contributed by atoms with van der Waals surface area (Å²) in [7, 11) is -3.16. The molecule has 0 saturated carbocycles. The molecule has 2 atom stereocenters. The van der Waals surface area contributed by atoms with Crippen molar-refractivity contribution in [2.45, 2.75) is 38.1 Å². The minimum atomic E-state index is -4.40. The SMILES string of the molecule is COC(=O)c1ccc(OS(=O)(=O)NC(=O)OC[C@@H]2CCCN3CCCCC23)cc1. The summed E-state index contributed by atoms with van der Waals surface area (Å²) < 4.78 is 40.4. The van der Waals surface area contributed by atoms with Gasteiger partial charge in [-0.25, -0.2) is 9.59 Å². The molecule has 1 aromatic rings. The van der Waals surface area contributed by atoms with Gasteiger partial charge in [0.25, 0.3) is 0 Å². The number of hydrogen-bond acceptors (Lipinski definition) is 8. The number of carbonyl (C=O) groups is 2. The van der Waals surface area contributed by atoms with Crippen molar-refractivity contribution in [1.82, 2.24) is 9.62 Å². The first-order valence-corrected chi connectivity index (χ1v) is 11.1. The highest BCUT2D eigenvalue weighted by Crippen LogP contribution is 2.31. The molecule has 2 heterocycles. The Bertz CT molecular complexity index is 823. The smallest absolute Gasteiger partial charge is 0.423 e. The number of nitrogens with one attached hydrogen (secondary N) is 1. The van der Waals surface area contributed by atoms with E-state index in [-0.39, 0.29) is 23.8 Å². The molecule has 29 heavy (non-hydrogen) atoms. The maximum Gasteiger partial charge on any atom is 0.423 e. The van der Waals surface area contributed by atoms with Gasteiger partial charge in [0.15, 0.2) is 0 Å². The molecule has 3 rings (SSSR count). The third-order valence-corrected chi connectivity index (χ3v) is 6.18. The molecule has 1 amide bonds. The fourth-order valence-corrected chi connectivity index (χ4v) is 4.67. The summed E-state index contributed by atoms with van der Waals surface area (Å²) >= 11 is 0. The largest absolute Gasteiger partial charge is 0.465 e. The molecule has 1 unspecified atom stereocenters. The van der Waals surface area contributed by atoms with E-state index < -0.39 is 22.4 Å². The number of rotatable bonds is 6. The van der Waals surface area contributed by atoms with E-state index in [0.717, 1.165) is 32.4 Å². The summed E-state index contributed by atoms with van der Waals surface area (Å²) in [4.78, 5) is 25.8. The Labute approximate surface area is 170 Å². The second-order valence-electron chi connectivity index (χ2n) is 7.26. The molecule has 2 fully saturated rings. The second-order valence-corrected chi connectivity index (χ2v) is 8.53. The first kappa shape index (κ1) is 21.4. The zero-order chi connectivity index (χ0) is 20.9. The summed E-state index contributed by atoms with van der Waals surface area (Å²) in [6.07, 6.45) is 4.39. The standard InChI is InChI=1S/C19H26N2O7S/c1-26-18(22)14-7-9-16(10-8-14)28-29(24,25)20-19(23)27-13-15-5-4-12-21-11-3-2-6-17(15)21/h7-10,15,17H,2-6,11-13H2,1H3,(H,20,23)/t15-,17?/m0/s1. The van der Waals surface area contributed by atoms with Gasteiger partial charge in [-0.2, -0.15) is 13.1 Å². The minimum absolute atomic E-state index is 0.0527. The third kappa shape index (κ3) is 5.83. The van der Waals surface area contributed by atoms with Crippen molar-refractivity contribution in [2.24, 2.45) is 5.92 Å². The summed E-state index contributed by atoms with van der Waals surface area (Å²) in [6.45, 7) is 2.32. The van der Waals surface area contributed by atoms with Gasteiger partial charge in [-0.1, -0.05) is 6.42 Å². The lowest BCUT2D eigenvalue weighted by Crippen LogP contribution is -2.49. The van der Waals surface area contributed by atoms with Gasteiger partial charge in [-0.3, -0.25) is 4.90 Å². The predicted molar refractivity (Wildman–Crippen MR) is 104 cm³/mol. The first-order chi connectivity index (χ1) is 13.9. The Kier molecular flexibility index (Phi) is 6.96. The van der Waals surface area contributed by atoms with Crippen molar-refractivity contribution >= 4 is 22.4 Å². The Hall–Kier alpha value is -2.33. The van der Waals surface area contributed by atoms with Crippen LogP contribution in [0.2, 0.25) is 0 Å². The summed E-state index contributed by atoms with van der Waals surface area (Å²) in [5.41, 5.74) is 0.244. The predicted octanol–water partition coefficient (Wildman–Crippen LogP) is 2.09. The average molecular weight is 426 g/mol. The van der Waals surface area contributed by atoms with Gasteiger partial charge in [0, 0.05) is 12.0 Å². The van der Waals surface area contributed by atoms with Gasteiger partial charge in [-0.05, 0) is 63.0 Å². The molecule has 1 N–H and O–H groups in total. The lowest BCUT2D eigenvalue weighted by Gasteiger charge is -2.44. The van der Waals surface area contributed by atoms with Crippen molar-refractivity contribution in [3.05, 3.63) is 29.8 Å². The van der Waals surface area contributed by atoms with Crippen molar-refractivity contribution in [2.75, 3.05) is 26.8 Å². The van der Waals surface area contributed by atoms with Crippen LogP contribution in [0.1, 0.15) is 42.5 Å². The zero-order valence-electron chi connectivity index (χ0n) is 16.3. The molecule has 0 radical (unpaired) electrons. The number of fused-ring (bicyclic) bond motifs is 1. The van der Waals surface area contributed by atoms with Gasteiger partial charge in [-0.15, -0.1) is 0 Å². The van der Waals surface area contributed by atoms with E-state index in [1.165, 1.54) is 44.2 Å².